The lowest BCUT2D eigenvalue weighted by Crippen LogP contribution is -2.24. The van der Waals surface area contributed by atoms with Gasteiger partial charge in [-0.3, -0.25) is 0 Å². The fraction of sp³-hybridized carbons (Fsp3) is 0.562. The number of hydrogen-bond donors (Lipinski definition) is 0. The summed E-state index contributed by atoms with van der Waals surface area (Å²) >= 11 is 0. The summed E-state index contributed by atoms with van der Waals surface area (Å²) in [6, 6.07) is 0.234. The van der Waals surface area contributed by atoms with Crippen molar-refractivity contribution in [2.45, 2.75) is 19.9 Å². The van der Waals surface area contributed by atoms with Gasteiger partial charge >= 0.3 is 0 Å². The Balaban J connectivity index is 1.82. The summed E-state index contributed by atoms with van der Waals surface area (Å²) in [6.45, 7) is 7.80. The fourth-order valence-electron chi connectivity index (χ4n) is 3.45. The van der Waals surface area contributed by atoms with E-state index in [1.54, 1.807) is 0 Å². The first-order valence-electron chi connectivity index (χ1n) is 7.72. The molecule has 0 unspecified atom stereocenters. The van der Waals surface area contributed by atoms with E-state index in [1.165, 1.54) is 0 Å². The monoisotopic (exact) mass is 297 g/mol. The molecule has 2 fully saturated rings. The second-order valence-electron chi connectivity index (χ2n) is 6.40. The third-order valence-electron chi connectivity index (χ3n) is 4.59. The zero-order chi connectivity index (χ0) is 15.3. The van der Waals surface area contributed by atoms with Crippen molar-refractivity contribution in [3.63, 3.8) is 0 Å². The van der Waals surface area contributed by atoms with Crippen LogP contribution in [0.5, 0.6) is 0 Å². The van der Waals surface area contributed by atoms with Crippen LogP contribution in [0, 0.1) is 24.2 Å². The molecule has 2 saturated heterocycles. The van der Waals surface area contributed by atoms with Gasteiger partial charge in [0.25, 0.3) is 0 Å². The van der Waals surface area contributed by atoms with Gasteiger partial charge < -0.3 is 9.64 Å². The minimum Gasteiger partial charge on any atom is -0.381 e. The fourth-order valence-corrected chi connectivity index (χ4v) is 3.45. The van der Waals surface area contributed by atoms with E-state index in [1.807, 2.05) is 10.9 Å². The van der Waals surface area contributed by atoms with Gasteiger partial charge in [-0.05, 0) is 19.8 Å². The molecule has 2 aromatic rings. The lowest BCUT2D eigenvalue weighted by atomic mass is 10.0. The van der Waals surface area contributed by atoms with Gasteiger partial charge in [-0.2, -0.15) is 5.10 Å². The molecule has 0 bridgehead atoms. The lowest BCUT2D eigenvalue weighted by molar-refractivity contribution is 0.177. The van der Waals surface area contributed by atoms with Crippen LogP contribution < -0.4 is 4.90 Å². The van der Waals surface area contributed by atoms with Crippen molar-refractivity contribution in [3.05, 3.63) is 12.0 Å². The molecule has 4 rings (SSSR count). The quantitative estimate of drug-likeness (QED) is 0.786. The Morgan fingerprint density at radius 3 is 2.64 bits per heavy atom. The molecule has 2 atom stereocenters. The van der Waals surface area contributed by atoms with Crippen LogP contribution in [0.2, 0.25) is 0 Å². The van der Waals surface area contributed by atoms with E-state index >= 15 is 0 Å². The summed E-state index contributed by atoms with van der Waals surface area (Å²) in [6.07, 6.45) is 7.41. The van der Waals surface area contributed by atoms with Crippen LogP contribution in [0.1, 0.15) is 25.7 Å². The van der Waals surface area contributed by atoms with Crippen molar-refractivity contribution >= 4 is 16.9 Å². The number of fused-ring (bicyclic) bond motifs is 2. The molecule has 0 aromatic carbocycles. The molecule has 0 radical (unpaired) electrons. The average molecular weight is 297 g/mol. The van der Waals surface area contributed by atoms with Crippen molar-refractivity contribution in [1.29, 1.82) is 0 Å². The predicted octanol–water partition coefficient (Wildman–Crippen LogP) is 1.47. The first kappa shape index (κ1) is 13.5. The highest BCUT2D eigenvalue weighted by atomic mass is 16.5. The van der Waals surface area contributed by atoms with E-state index < -0.39 is 0 Å². The Labute approximate surface area is 129 Å². The van der Waals surface area contributed by atoms with Crippen molar-refractivity contribution < 1.29 is 4.74 Å². The van der Waals surface area contributed by atoms with Gasteiger partial charge in [-0.1, -0.05) is 0 Å². The second-order valence-corrected chi connectivity index (χ2v) is 6.40. The van der Waals surface area contributed by atoms with E-state index in [-0.39, 0.29) is 6.04 Å². The lowest BCUT2D eigenvalue weighted by Gasteiger charge is -2.19. The van der Waals surface area contributed by atoms with Crippen LogP contribution in [0.25, 0.3) is 11.0 Å². The Bertz CT molecular complexity index is 748. The summed E-state index contributed by atoms with van der Waals surface area (Å²) < 4.78 is 7.46. The largest absolute Gasteiger partial charge is 0.381 e. The third-order valence-corrected chi connectivity index (χ3v) is 4.59. The molecule has 0 spiro atoms. The van der Waals surface area contributed by atoms with Gasteiger partial charge in [0.05, 0.1) is 24.8 Å². The maximum atomic E-state index is 5.56. The molecule has 0 aliphatic carbocycles. The highest BCUT2D eigenvalue weighted by Gasteiger charge is 2.38. The molecule has 0 N–H and O–H groups in total. The van der Waals surface area contributed by atoms with E-state index in [0.717, 1.165) is 43.2 Å². The number of anilines is 1. The highest BCUT2D eigenvalue weighted by molar-refractivity contribution is 5.87. The molecular formula is C16H19N5O. The van der Waals surface area contributed by atoms with Gasteiger partial charge in [-0.25, -0.2) is 14.6 Å². The second kappa shape index (κ2) is 4.96. The predicted molar refractivity (Wildman–Crippen MR) is 83.7 cm³/mol. The average Bonchev–Trinajstić information content (AvgIpc) is 3.19. The van der Waals surface area contributed by atoms with Crippen molar-refractivity contribution in [2.24, 2.45) is 11.8 Å². The summed E-state index contributed by atoms with van der Waals surface area (Å²) in [4.78, 5) is 11.4. The Kier molecular flexibility index (Phi) is 3.05. The minimum atomic E-state index is 0.234. The molecule has 4 heterocycles. The number of hydrogen-bond acceptors (Lipinski definition) is 5. The number of nitrogens with zero attached hydrogens (tertiary/aromatic N) is 5. The molecule has 114 valence electrons. The number of ether oxygens (including phenoxy) is 1. The molecule has 22 heavy (non-hydrogen) atoms. The van der Waals surface area contributed by atoms with Crippen LogP contribution >= 0.6 is 0 Å². The van der Waals surface area contributed by atoms with E-state index in [0.29, 0.717) is 17.7 Å². The summed E-state index contributed by atoms with van der Waals surface area (Å²) in [5.41, 5.74) is 0.821. The maximum absolute atomic E-state index is 5.56. The zero-order valence-electron chi connectivity index (χ0n) is 12.9. The summed E-state index contributed by atoms with van der Waals surface area (Å²) in [5, 5.41) is 5.45. The van der Waals surface area contributed by atoms with E-state index in [2.05, 4.69) is 39.7 Å². The Hall–Kier alpha value is -2.13. The topological polar surface area (TPSA) is 56.1 Å². The third kappa shape index (κ3) is 1.97. The van der Waals surface area contributed by atoms with Crippen LogP contribution in [0.4, 0.5) is 5.82 Å². The van der Waals surface area contributed by atoms with Crippen LogP contribution in [0.15, 0.2) is 6.20 Å². The van der Waals surface area contributed by atoms with Crippen LogP contribution in [-0.4, -0.2) is 46.1 Å². The molecular weight excluding hydrogens is 278 g/mol. The van der Waals surface area contributed by atoms with Gasteiger partial charge in [-0.15, -0.1) is 6.42 Å². The standard InChI is InChI=1S/C16H19N5O/c1-4-14-18-15(20-6-11-8-22-9-12(11)7-20)13-5-17-21(10(2)3)16(13)19-14/h1,5,10-12H,6-9H2,2-3H3/t11-,12+. The number of terminal acetylenes is 1. The van der Waals surface area contributed by atoms with Crippen molar-refractivity contribution in [3.8, 4) is 12.3 Å². The van der Waals surface area contributed by atoms with E-state index in [4.69, 9.17) is 11.2 Å². The number of aromatic nitrogens is 4. The SMILES string of the molecule is C#Cc1nc(N2C[C@H]3COC[C@H]3C2)c2cnn(C(C)C)c2n1. The molecule has 6 nitrogen and oxygen atoms in total. The van der Waals surface area contributed by atoms with Gasteiger partial charge in [0, 0.05) is 31.0 Å². The molecule has 0 saturated carbocycles. The normalized spacial score (nSPS) is 24.2. The first-order chi connectivity index (χ1) is 10.7. The van der Waals surface area contributed by atoms with E-state index in [9.17, 15) is 0 Å². The molecule has 2 aliphatic rings. The maximum Gasteiger partial charge on any atom is 0.208 e. The highest BCUT2D eigenvalue weighted by Crippen LogP contribution is 2.34. The Morgan fingerprint density at radius 2 is 2.00 bits per heavy atom. The van der Waals surface area contributed by atoms with Gasteiger partial charge in [0.15, 0.2) is 5.65 Å². The zero-order valence-corrected chi connectivity index (χ0v) is 12.9. The van der Waals surface area contributed by atoms with Gasteiger partial charge in [0.1, 0.15) is 5.82 Å². The van der Waals surface area contributed by atoms with Crippen molar-refractivity contribution in [2.75, 3.05) is 31.2 Å². The van der Waals surface area contributed by atoms with Crippen LogP contribution in [-0.2, 0) is 4.74 Å². The molecule has 2 aliphatic heterocycles. The molecule has 0 amide bonds. The smallest absolute Gasteiger partial charge is 0.208 e. The Morgan fingerprint density at radius 1 is 1.27 bits per heavy atom. The first-order valence-corrected chi connectivity index (χ1v) is 7.72. The minimum absolute atomic E-state index is 0.234. The van der Waals surface area contributed by atoms with Crippen LogP contribution in [0.3, 0.4) is 0 Å². The summed E-state index contributed by atoms with van der Waals surface area (Å²) in [7, 11) is 0. The van der Waals surface area contributed by atoms with Gasteiger partial charge in [0.2, 0.25) is 5.82 Å². The number of rotatable bonds is 2. The molecule has 6 heteroatoms. The molecule has 2 aromatic heterocycles. The van der Waals surface area contributed by atoms with Crippen molar-refractivity contribution in [1.82, 2.24) is 19.7 Å². The summed E-state index contributed by atoms with van der Waals surface area (Å²) in [5.74, 6) is 5.11.